The van der Waals surface area contributed by atoms with Crippen LogP contribution in [0.2, 0.25) is 0 Å². The Morgan fingerprint density at radius 2 is 1.91 bits per heavy atom. The molecule has 2 saturated heterocycles. The number of ether oxygens (including phenoxy) is 1. The molecule has 0 saturated carbocycles. The fraction of sp³-hybridized carbons (Fsp3) is 0.562. The molecule has 0 N–H and O–H groups in total. The third kappa shape index (κ3) is 2.92. The summed E-state index contributed by atoms with van der Waals surface area (Å²) < 4.78 is 29.8. The number of hydrogen-bond donors (Lipinski definition) is 0. The van der Waals surface area contributed by atoms with Crippen LogP contribution in [-0.2, 0) is 9.84 Å². The average Bonchev–Trinajstić information content (AvgIpc) is 2.91. The molecule has 126 valence electrons. The molecular formula is C16H22N2O3S2. The van der Waals surface area contributed by atoms with E-state index in [0.717, 1.165) is 12.2 Å². The molecule has 1 aromatic carbocycles. The summed E-state index contributed by atoms with van der Waals surface area (Å²) in [5.74, 6) is 1.44. The first kappa shape index (κ1) is 16.5. The highest BCUT2D eigenvalue weighted by Crippen LogP contribution is 2.39. The third-order valence-corrected chi connectivity index (χ3v) is 6.51. The van der Waals surface area contributed by atoms with Gasteiger partial charge in [-0.15, -0.1) is 0 Å². The molecule has 0 bridgehead atoms. The molecule has 0 spiro atoms. The van der Waals surface area contributed by atoms with Crippen LogP contribution in [0.1, 0.15) is 13.8 Å². The molecule has 2 fully saturated rings. The fourth-order valence-electron chi connectivity index (χ4n) is 3.49. The zero-order chi connectivity index (χ0) is 16.8. The molecule has 7 heteroatoms. The van der Waals surface area contributed by atoms with Crippen LogP contribution in [0.4, 0.5) is 5.69 Å². The van der Waals surface area contributed by atoms with E-state index in [2.05, 4.69) is 18.7 Å². The number of methoxy groups -OCH3 is 1. The Balaban J connectivity index is 2.04. The van der Waals surface area contributed by atoms with Gasteiger partial charge in [0.2, 0.25) is 0 Å². The number of sulfone groups is 1. The van der Waals surface area contributed by atoms with Gasteiger partial charge in [-0.1, -0.05) is 26.0 Å². The van der Waals surface area contributed by atoms with Gasteiger partial charge in [-0.05, 0) is 30.3 Å². The summed E-state index contributed by atoms with van der Waals surface area (Å²) in [6.45, 7) is 5.00. The van der Waals surface area contributed by atoms with E-state index in [1.807, 2.05) is 29.2 Å². The van der Waals surface area contributed by atoms with Crippen molar-refractivity contribution in [1.29, 1.82) is 0 Å². The van der Waals surface area contributed by atoms with E-state index in [9.17, 15) is 8.42 Å². The van der Waals surface area contributed by atoms with Crippen molar-refractivity contribution in [3.8, 4) is 5.75 Å². The van der Waals surface area contributed by atoms with Crippen molar-refractivity contribution in [2.75, 3.05) is 30.1 Å². The largest absolute Gasteiger partial charge is 0.495 e. The lowest BCUT2D eigenvalue weighted by Crippen LogP contribution is -2.39. The smallest absolute Gasteiger partial charge is 0.176 e. The molecule has 5 nitrogen and oxygen atoms in total. The van der Waals surface area contributed by atoms with Gasteiger partial charge < -0.3 is 14.5 Å². The number of thiocarbonyl (C=S) groups is 1. The van der Waals surface area contributed by atoms with Crippen molar-refractivity contribution in [3.05, 3.63) is 24.3 Å². The molecule has 1 aromatic rings. The first-order valence-corrected chi connectivity index (χ1v) is 10.0. The SMILES string of the molecule is COc1ccccc1N1C(=S)N(CC(C)C)[C@@H]2CS(=O)(=O)C[C@@H]21. The second kappa shape index (κ2) is 5.94. The number of nitrogens with zero attached hydrogens (tertiary/aromatic N) is 2. The van der Waals surface area contributed by atoms with Gasteiger partial charge in [0, 0.05) is 6.54 Å². The van der Waals surface area contributed by atoms with Crippen molar-refractivity contribution in [2.45, 2.75) is 25.9 Å². The minimum absolute atomic E-state index is 0.0696. The Labute approximate surface area is 143 Å². The summed E-state index contributed by atoms with van der Waals surface area (Å²) >= 11 is 5.70. The number of fused-ring (bicyclic) bond motifs is 1. The number of hydrogen-bond acceptors (Lipinski definition) is 4. The molecule has 23 heavy (non-hydrogen) atoms. The zero-order valence-electron chi connectivity index (χ0n) is 13.6. The van der Waals surface area contributed by atoms with Gasteiger partial charge in [-0.25, -0.2) is 8.42 Å². The summed E-state index contributed by atoms with van der Waals surface area (Å²) in [6, 6.07) is 7.43. The van der Waals surface area contributed by atoms with Gasteiger partial charge in [-0.3, -0.25) is 0 Å². The Morgan fingerprint density at radius 3 is 2.57 bits per heavy atom. The maximum Gasteiger partial charge on any atom is 0.176 e. The third-order valence-electron chi connectivity index (χ3n) is 4.38. The molecular weight excluding hydrogens is 332 g/mol. The highest BCUT2D eigenvalue weighted by Gasteiger charge is 2.52. The van der Waals surface area contributed by atoms with Crippen LogP contribution < -0.4 is 9.64 Å². The quantitative estimate of drug-likeness (QED) is 0.770. The second-order valence-corrected chi connectivity index (χ2v) is 9.10. The zero-order valence-corrected chi connectivity index (χ0v) is 15.2. The summed E-state index contributed by atoms with van der Waals surface area (Å²) in [5, 5.41) is 0.702. The minimum Gasteiger partial charge on any atom is -0.495 e. The average molecular weight is 354 g/mol. The Morgan fingerprint density at radius 1 is 1.26 bits per heavy atom. The standard InChI is InChI=1S/C16H22N2O3S2/c1-11(2)8-17-13-9-23(19,20)10-14(13)18(16(17)22)12-6-4-5-7-15(12)21-3/h4-7,11,13-14H,8-10H2,1-3H3/t13-,14+/m1/s1. The van der Waals surface area contributed by atoms with Crippen molar-refractivity contribution in [3.63, 3.8) is 0 Å². The van der Waals surface area contributed by atoms with E-state index in [-0.39, 0.29) is 23.6 Å². The number of anilines is 1. The predicted molar refractivity (Wildman–Crippen MR) is 95.8 cm³/mol. The van der Waals surface area contributed by atoms with E-state index < -0.39 is 9.84 Å². The molecule has 2 aliphatic rings. The van der Waals surface area contributed by atoms with Crippen molar-refractivity contribution in [1.82, 2.24) is 4.90 Å². The van der Waals surface area contributed by atoms with E-state index >= 15 is 0 Å². The Hall–Kier alpha value is -1.34. The van der Waals surface area contributed by atoms with Gasteiger partial charge in [-0.2, -0.15) is 0 Å². The highest BCUT2D eigenvalue weighted by atomic mass is 32.2. The molecule has 2 heterocycles. The lowest BCUT2D eigenvalue weighted by molar-refractivity contribution is 0.319. The topological polar surface area (TPSA) is 49.9 Å². The van der Waals surface area contributed by atoms with Gasteiger partial charge >= 0.3 is 0 Å². The van der Waals surface area contributed by atoms with Crippen LogP contribution in [0.25, 0.3) is 0 Å². The van der Waals surface area contributed by atoms with Crippen molar-refractivity contribution >= 4 is 32.9 Å². The van der Waals surface area contributed by atoms with Crippen LogP contribution in [0.15, 0.2) is 24.3 Å². The maximum atomic E-state index is 12.2. The minimum atomic E-state index is -3.04. The van der Waals surface area contributed by atoms with Crippen molar-refractivity contribution < 1.29 is 13.2 Å². The fourth-order valence-corrected chi connectivity index (χ4v) is 5.89. The number of rotatable bonds is 4. The van der Waals surface area contributed by atoms with Crippen molar-refractivity contribution in [2.24, 2.45) is 5.92 Å². The summed E-state index contributed by atoms with van der Waals surface area (Å²) in [6.07, 6.45) is 0. The normalized spacial score (nSPS) is 26.0. The number of para-hydroxylation sites is 2. The first-order chi connectivity index (χ1) is 10.8. The Kier molecular flexibility index (Phi) is 4.27. The number of benzene rings is 1. The van der Waals surface area contributed by atoms with E-state index in [4.69, 9.17) is 17.0 Å². The van der Waals surface area contributed by atoms with Crippen LogP contribution in [0, 0.1) is 5.92 Å². The first-order valence-electron chi connectivity index (χ1n) is 7.77. The monoisotopic (exact) mass is 354 g/mol. The van der Waals surface area contributed by atoms with E-state index in [1.54, 1.807) is 7.11 Å². The van der Waals surface area contributed by atoms with Gasteiger partial charge in [0.05, 0.1) is 36.4 Å². The molecule has 2 atom stereocenters. The van der Waals surface area contributed by atoms with Crippen LogP contribution in [0.5, 0.6) is 5.75 Å². The van der Waals surface area contributed by atoms with E-state index in [1.165, 1.54) is 0 Å². The van der Waals surface area contributed by atoms with Crippen LogP contribution in [-0.4, -0.2) is 55.7 Å². The molecule has 0 radical (unpaired) electrons. The van der Waals surface area contributed by atoms with Gasteiger partial charge in [0.25, 0.3) is 0 Å². The molecule has 2 aliphatic heterocycles. The molecule has 0 unspecified atom stereocenters. The van der Waals surface area contributed by atoms with E-state index in [0.29, 0.717) is 16.8 Å². The molecule has 0 amide bonds. The molecule has 3 rings (SSSR count). The lowest BCUT2D eigenvalue weighted by atomic mass is 10.1. The summed E-state index contributed by atoms with van der Waals surface area (Å²) in [5.41, 5.74) is 0.846. The predicted octanol–water partition coefficient (Wildman–Crippen LogP) is 1.92. The Bertz CT molecular complexity index is 718. The lowest BCUT2D eigenvalue weighted by Gasteiger charge is -2.27. The molecule has 0 aromatic heterocycles. The van der Waals surface area contributed by atoms with Gasteiger partial charge in [0.1, 0.15) is 5.75 Å². The van der Waals surface area contributed by atoms with Crippen LogP contribution >= 0.6 is 12.2 Å². The molecule has 0 aliphatic carbocycles. The highest BCUT2D eigenvalue weighted by molar-refractivity contribution is 7.91. The summed E-state index contributed by atoms with van der Waals surface area (Å²) in [4.78, 5) is 4.06. The van der Waals surface area contributed by atoms with Gasteiger partial charge in [0.15, 0.2) is 14.9 Å². The maximum absolute atomic E-state index is 12.2. The van der Waals surface area contributed by atoms with Crippen LogP contribution in [0.3, 0.4) is 0 Å². The summed E-state index contributed by atoms with van der Waals surface area (Å²) in [7, 11) is -1.42. The second-order valence-electron chi connectivity index (χ2n) is 6.58.